The first-order valence-corrected chi connectivity index (χ1v) is 12.8. The lowest BCUT2D eigenvalue weighted by Gasteiger charge is -2.47. The molecule has 1 nitrogen and oxygen atoms in total. The molecule has 1 atom stereocenters. The fraction of sp³-hybridized carbons (Fsp3) is 0.520. The molecule has 5 rings (SSSR count). The molecule has 2 saturated carbocycles. The van der Waals surface area contributed by atoms with E-state index in [2.05, 4.69) is 35.1 Å². The van der Waals surface area contributed by atoms with Crippen LogP contribution in [0.5, 0.6) is 0 Å². The summed E-state index contributed by atoms with van der Waals surface area (Å²) in [7, 11) is 0. The summed E-state index contributed by atoms with van der Waals surface area (Å²) in [6, 6.07) is 15.3. The fourth-order valence-electron chi connectivity index (χ4n) is 6.34. The summed E-state index contributed by atoms with van der Waals surface area (Å²) in [5, 5.41) is 1.26. The zero-order valence-electron chi connectivity index (χ0n) is 16.9. The Bertz CT molecular complexity index is 886. The predicted octanol–water partition coefficient (Wildman–Crippen LogP) is 7.90. The highest BCUT2D eigenvalue weighted by molar-refractivity contribution is 7.96. The monoisotopic (exact) mass is 445 g/mol. The fourth-order valence-corrected chi connectivity index (χ4v) is 7.37. The highest BCUT2D eigenvalue weighted by atomic mass is 35.5. The molecule has 154 valence electrons. The molecule has 1 unspecified atom stereocenters. The average Bonchev–Trinajstić information content (AvgIpc) is 3.41. The zero-order chi connectivity index (χ0) is 19.9. The molecule has 0 amide bonds. The Morgan fingerprint density at radius 3 is 2.52 bits per heavy atom. The van der Waals surface area contributed by atoms with Gasteiger partial charge in [0.05, 0.1) is 10.0 Å². The van der Waals surface area contributed by atoms with Crippen molar-refractivity contribution >= 4 is 35.1 Å². The van der Waals surface area contributed by atoms with Crippen LogP contribution in [0.2, 0.25) is 10.0 Å². The van der Waals surface area contributed by atoms with E-state index in [0.717, 1.165) is 12.3 Å². The van der Waals surface area contributed by atoms with Crippen molar-refractivity contribution < 1.29 is 0 Å². The molecule has 0 radical (unpaired) electrons. The number of nitrogens with one attached hydrogen (secondary N) is 1. The van der Waals surface area contributed by atoms with E-state index in [1.54, 1.807) is 23.1 Å². The molecule has 0 saturated heterocycles. The Kier molecular flexibility index (Phi) is 5.66. The minimum absolute atomic E-state index is 0.534. The molecule has 2 aromatic rings. The van der Waals surface area contributed by atoms with Gasteiger partial charge < -0.3 is 0 Å². The van der Waals surface area contributed by atoms with Gasteiger partial charge in [0.1, 0.15) is 0 Å². The summed E-state index contributed by atoms with van der Waals surface area (Å²) in [6.45, 7) is 1.05. The van der Waals surface area contributed by atoms with Crippen molar-refractivity contribution in [2.75, 3.05) is 6.54 Å². The van der Waals surface area contributed by atoms with Crippen LogP contribution in [0.4, 0.5) is 0 Å². The Morgan fingerprint density at radius 2 is 1.76 bits per heavy atom. The quantitative estimate of drug-likeness (QED) is 0.358. The summed E-state index contributed by atoms with van der Waals surface area (Å²) >= 11 is 13.9. The van der Waals surface area contributed by atoms with E-state index in [1.807, 2.05) is 12.1 Å². The summed E-state index contributed by atoms with van der Waals surface area (Å²) in [4.78, 5) is 0. The van der Waals surface area contributed by atoms with E-state index in [4.69, 9.17) is 23.2 Å². The smallest absolute Gasteiger partial charge is 0.0595 e. The van der Waals surface area contributed by atoms with Gasteiger partial charge in [0.25, 0.3) is 0 Å². The van der Waals surface area contributed by atoms with Gasteiger partial charge >= 0.3 is 0 Å². The molecule has 1 N–H and O–H groups in total. The Labute approximate surface area is 189 Å². The number of halogens is 2. The summed E-state index contributed by atoms with van der Waals surface area (Å²) < 4.78 is 3.60. The number of hydrogen-bond acceptors (Lipinski definition) is 2. The van der Waals surface area contributed by atoms with E-state index in [-0.39, 0.29) is 0 Å². The van der Waals surface area contributed by atoms with Gasteiger partial charge in [0.2, 0.25) is 0 Å². The summed E-state index contributed by atoms with van der Waals surface area (Å²) in [5.74, 6) is 1.61. The molecular formula is C25H29Cl2NS. The van der Waals surface area contributed by atoms with E-state index in [0.29, 0.717) is 26.8 Å². The maximum absolute atomic E-state index is 6.13. The largest absolute Gasteiger partial charge is 0.264 e. The third kappa shape index (κ3) is 3.65. The Hall–Kier alpha value is -0.670. The van der Waals surface area contributed by atoms with Gasteiger partial charge in [-0.1, -0.05) is 78.3 Å². The van der Waals surface area contributed by atoms with Crippen LogP contribution in [0.1, 0.15) is 74.0 Å². The van der Waals surface area contributed by atoms with Crippen LogP contribution < -0.4 is 4.72 Å². The van der Waals surface area contributed by atoms with Crippen molar-refractivity contribution in [1.29, 1.82) is 0 Å². The van der Waals surface area contributed by atoms with E-state index >= 15 is 0 Å². The SMILES string of the molecule is Clc1ccc(CSNCCC2CC3(CCCC3)C3(CC3)c3ccccc32)cc1Cl. The highest BCUT2D eigenvalue weighted by Crippen LogP contribution is 2.71. The number of hydrogen-bond donors (Lipinski definition) is 1. The standard InChI is InChI=1S/C25H29Cl2NS/c26-22-8-7-18(15-23(22)27)17-29-28-14-9-19-16-24(10-3-4-11-24)25(12-13-25)21-6-2-1-5-20(19)21/h1-2,5-8,15,19,28H,3-4,9-14,16-17H2. The van der Waals surface area contributed by atoms with Crippen molar-refractivity contribution in [3.8, 4) is 0 Å². The molecule has 4 heteroatoms. The van der Waals surface area contributed by atoms with Gasteiger partial charge in [-0.15, -0.1) is 0 Å². The Morgan fingerprint density at radius 1 is 0.966 bits per heavy atom. The first-order valence-electron chi connectivity index (χ1n) is 11.0. The van der Waals surface area contributed by atoms with Crippen LogP contribution in [0.15, 0.2) is 42.5 Å². The van der Waals surface area contributed by atoms with Crippen LogP contribution in [-0.2, 0) is 11.2 Å². The van der Waals surface area contributed by atoms with Gasteiger partial charge in [-0.25, -0.2) is 0 Å². The van der Waals surface area contributed by atoms with Crippen molar-refractivity contribution in [3.05, 3.63) is 69.2 Å². The number of benzene rings is 2. The van der Waals surface area contributed by atoms with Crippen LogP contribution in [0.25, 0.3) is 0 Å². The molecule has 29 heavy (non-hydrogen) atoms. The second kappa shape index (κ2) is 8.11. The van der Waals surface area contributed by atoms with E-state index in [1.165, 1.54) is 56.9 Å². The van der Waals surface area contributed by atoms with Gasteiger partial charge in [0.15, 0.2) is 0 Å². The van der Waals surface area contributed by atoms with Crippen LogP contribution >= 0.6 is 35.1 Å². The maximum Gasteiger partial charge on any atom is 0.0595 e. The molecule has 0 aromatic heterocycles. The first kappa shape index (κ1) is 20.2. The number of fused-ring (bicyclic) bond motifs is 3. The molecule has 3 aliphatic carbocycles. The second-order valence-electron chi connectivity index (χ2n) is 9.28. The highest BCUT2D eigenvalue weighted by Gasteiger charge is 2.63. The molecule has 2 aromatic carbocycles. The van der Waals surface area contributed by atoms with Gasteiger partial charge in [-0.05, 0) is 78.7 Å². The molecule has 3 aliphatic rings. The minimum atomic E-state index is 0.534. The molecule has 2 spiro atoms. The average molecular weight is 446 g/mol. The van der Waals surface area contributed by atoms with Crippen LogP contribution in [0, 0.1) is 5.41 Å². The third-order valence-corrected chi connectivity index (χ3v) is 9.42. The summed E-state index contributed by atoms with van der Waals surface area (Å²) in [5.41, 5.74) is 5.70. The second-order valence-corrected chi connectivity index (χ2v) is 11.0. The maximum atomic E-state index is 6.13. The lowest BCUT2D eigenvalue weighted by atomic mass is 9.57. The third-order valence-electron chi connectivity index (χ3n) is 7.80. The van der Waals surface area contributed by atoms with Crippen molar-refractivity contribution in [2.24, 2.45) is 5.41 Å². The minimum Gasteiger partial charge on any atom is -0.264 e. The van der Waals surface area contributed by atoms with Crippen molar-refractivity contribution in [3.63, 3.8) is 0 Å². The van der Waals surface area contributed by atoms with Crippen molar-refractivity contribution in [1.82, 2.24) is 4.72 Å². The number of rotatable bonds is 6. The lowest BCUT2D eigenvalue weighted by Crippen LogP contribution is -2.39. The predicted molar refractivity (Wildman–Crippen MR) is 126 cm³/mol. The van der Waals surface area contributed by atoms with E-state index < -0.39 is 0 Å². The van der Waals surface area contributed by atoms with E-state index in [9.17, 15) is 0 Å². The first-order chi connectivity index (χ1) is 14.1. The lowest BCUT2D eigenvalue weighted by molar-refractivity contribution is 0.152. The van der Waals surface area contributed by atoms with Gasteiger partial charge in [0, 0.05) is 17.7 Å². The molecule has 0 bridgehead atoms. The molecule has 2 fully saturated rings. The molecule has 0 heterocycles. The van der Waals surface area contributed by atoms with Gasteiger partial charge in [-0.2, -0.15) is 0 Å². The normalized spacial score (nSPS) is 23.4. The summed E-state index contributed by atoms with van der Waals surface area (Å²) in [6.07, 6.45) is 11.3. The van der Waals surface area contributed by atoms with Crippen LogP contribution in [0.3, 0.4) is 0 Å². The van der Waals surface area contributed by atoms with Crippen molar-refractivity contribution in [2.45, 2.75) is 68.5 Å². The van der Waals surface area contributed by atoms with Gasteiger partial charge in [-0.3, -0.25) is 4.72 Å². The Balaban J connectivity index is 1.22. The molecule has 0 aliphatic heterocycles. The molecular weight excluding hydrogens is 417 g/mol. The van der Waals surface area contributed by atoms with Crippen LogP contribution in [-0.4, -0.2) is 6.54 Å². The topological polar surface area (TPSA) is 12.0 Å². The zero-order valence-corrected chi connectivity index (χ0v) is 19.2.